The number of hydrogen-bond acceptors (Lipinski definition) is 4. The van der Waals surface area contributed by atoms with E-state index in [-0.39, 0.29) is 24.1 Å². The average molecular weight is 469 g/mol. The molecule has 1 aromatic carbocycles. The van der Waals surface area contributed by atoms with Crippen LogP contribution in [0.2, 0.25) is 0 Å². The van der Waals surface area contributed by atoms with Gasteiger partial charge in [-0.25, -0.2) is 17.4 Å². The molecule has 1 unspecified atom stereocenters. The fourth-order valence-corrected chi connectivity index (χ4v) is 5.38. The fraction of sp³-hybridized carbons (Fsp3) is 0.474. The second-order valence-electron chi connectivity index (χ2n) is 6.97. The normalized spacial score (nSPS) is 18.1. The van der Waals surface area contributed by atoms with E-state index in [4.69, 9.17) is 0 Å². The van der Waals surface area contributed by atoms with Crippen molar-refractivity contribution in [3.05, 3.63) is 46.6 Å². The molecule has 7 nitrogen and oxygen atoms in total. The highest BCUT2D eigenvalue weighted by Gasteiger charge is 2.32. The molecule has 9 heteroatoms. The molecule has 1 atom stereocenters. The summed E-state index contributed by atoms with van der Waals surface area (Å²) < 4.78 is 28.8. The van der Waals surface area contributed by atoms with Crippen LogP contribution in [0.5, 0.6) is 0 Å². The van der Waals surface area contributed by atoms with Gasteiger partial charge in [-0.3, -0.25) is 4.79 Å². The van der Waals surface area contributed by atoms with Crippen molar-refractivity contribution in [2.24, 2.45) is 5.92 Å². The van der Waals surface area contributed by atoms with Crippen molar-refractivity contribution in [1.82, 2.24) is 14.1 Å². The molecule has 0 aliphatic carbocycles. The molecule has 1 fully saturated rings. The highest BCUT2D eigenvalue weighted by molar-refractivity contribution is 9.10. The van der Waals surface area contributed by atoms with Crippen molar-refractivity contribution < 1.29 is 13.2 Å². The quantitative estimate of drug-likeness (QED) is 0.676. The summed E-state index contributed by atoms with van der Waals surface area (Å²) in [6, 6.07) is 9.61. The van der Waals surface area contributed by atoms with Crippen LogP contribution in [0.4, 0.5) is 5.82 Å². The zero-order valence-corrected chi connectivity index (χ0v) is 18.2. The van der Waals surface area contributed by atoms with Crippen molar-refractivity contribution in [3.63, 3.8) is 0 Å². The number of carbonyl (C=O) groups is 1. The van der Waals surface area contributed by atoms with Crippen LogP contribution >= 0.6 is 15.9 Å². The number of halogens is 1. The predicted molar refractivity (Wildman–Crippen MR) is 112 cm³/mol. The average Bonchev–Trinajstić information content (AvgIpc) is 3.10. The fourth-order valence-electron chi connectivity index (χ4n) is 3.38. The summed E-state index contributed by atoms with van der Waals surface area (Å²) in [6.45, 7) is 3.10. The summed E-state index contributed by atoms with van der Waals surface area (Å²) in [5.74, 6) is 0.215. The van der Waals surface area contributed by atoms with Gasteiger partial charge in [-0.2, -0.15) is 5.10 Å². The number of hydrogen-bond donors (Lipinski definition) is 1. The molecule has 1 saturated heterocycles. The molecule has 1 aromatic heterocycles. The van der Waals surface area contributed by atoms with E-state index in [2.05, 4.69) is 26.3 Å². The van der Waals surface area contributed by atoms with E-state index in [0.717, 1.165) is 10.0 Å². The second-order valence-corrected chi connectivity index (χ2v) is 9.91. The van der Waals surface area contributed by atoms with E-state index in [1.54, 1.807) is 16.9 Å². The largest absolute Gasteiger partial charge is 0.311 e. The minimum atomic E-state index is -3.28. The van der Waals surface area contributed by atoms with Crippen LogP contribution in [0.3, 0.4) is 0 Å². The minimum Gasteiger partial charge on any atom is -0.311 e. The SMILES string of the molecule is CCCS(=O)(=O)N1CCCC(C(=O)Nc2ccnn2Cc2ccccc2Br)C1. The summed E-state index contributed by atoms with van der Waals surface area (Å²) in [6.07, 6.45) is 3.59. The van der Waals surface area contributed by atoms with Gasteiger partial charge in [0, 0.05) is 23.6 Å². The van der Waals surface area contributed by atoms with Gasteiger partial charge >= 0.3 is 0 Å². The molecule has 1 N–H and O–H groups in total. The monoisotopic (exact) mass is 468 g/mol. The number of rotatable bonds is 7. The van der Waals surface area contributed by atoms with Gasteiger partial charge in [0.25, 0.3) is 0 Å². The zero-order chi connectivity index (χ0) is 20.1. The van der Waals surface area contributed by atoms with Crippen molar-refractivity contribution in [2.45, 2.75) is 32.7 Å². The van der Waals surface area contributed by atoms with Crippen molar-refractivity contribution in [2.75, 3.05) is 24.2 Å². The maximum absolute atomic E-state index is 12.8. The Morgan fingerprint density at radius 3 is 2.86 bits per heavy atom. The van der Waals surface area contributed by atoms with Crippen molar-refractivity contribution in [3.8, 4) is 0 Å². The third-order valence-electron chi connectivity index (χ3n) is 4.86. The highest BCUT2D eigenvalue weighted by Crippen LogP contribution is 2.23. The molecule has 1 aliphatic heterocycles. The third kappa shape index (κ3) is 5.01. The number of sulfonamides is 1. The molecule has 2 heterocycles. The summed E-state index contributed by atoms with van der Waals surface area (Å²) >= 11 is 3.53. The van der Waals surface area contributed by atoms with Crippen molar-refractivity contribution in [1.29, 1.82) is 0 Å². The lowest BCUT2D eigenvalue weighted by atomic mass is 9.99. The molecule has 1 aliphatic rings. The van der Waals surface area contributed by atoms with Crippen LogP contribution in [-0.2, 0) is 21.4 Å². The third-order valence-corrected chi connectivity index (χ3v) is 7.67. The van der Waals surface area contributed by atoms with Gasteiger partial charge in [-0.1, -0.05) is 41.1 Å². The van der Waals surface area contributed by atoms with Crippen LogP contribution < -0.4 is 5.32 Å². The Morgan fingerprint density at radius 1 is 1.32 bits per heavy atom. The summed E-state index contributed by atoms with van der Waals surface area (Å²) in [7, 11) is -3.28. The number of aromatic nitrogens is 2. The minimum absolute atomic E-state index is 0.125. The Bertz CT molecular complexity index is 929. The van der Waals surface area contributed by atoms with E-state index in [9.17, 15) is 13.2 Å². The van der Waals surface area contributed by atoms with Crippen LogP contribution in [0.1, 0.15) is 31.7 Å². The summed E-state index contributed by atoms with van der Waals surface area (Å²) in [5.41, 5.74) is 1.05. The molecule has 3 rings (SSSR count). The van der Waals surface area contributed by atoms with E-state index >= 15 is 0 Å². The van der Waals surface area contributed by atoms with E-state index in [0.29, 0.717) is 38.2 Å². The smallest absolute Gasteiger partial charge is 0.229 e. The van der Waals surface area contributed by atoms with Gasteiger partial charge in [0.1, 0.15) is 5.82 Å². The molecular formula is C19H25BrN4O3S. The summed E-state index contributed by atoms with van der Waals surface area (Å²) in [4.78, 5) is 12.8. The standard InChI is InChI=1S/C19H25BrN4O3S/c1-2-12-28(26,27)23-11-5-7-16(13-23)19(25)22-18-9-10-21-24(18)14-15-6-3-4-8-17(15)20/h3-4,6,8-10,16H,2,5,7,11-14H2,1H3,(H,22,25). The molecule has 2 aromatic rings. The number of anilines is 1. The number of nitrogens with zero attached hydrogens (tertiary/aromatic N) is 3. The molecule has 152 valence electrons. The first-order chi connectivity index (χ1) is 13.4. The van der Waals surface area contributed by atoms with Crippen molar-refractivity contribution >= 4 is 37.7 Å². The van der Waals surface area contributed by atoms with Gasteiger partial charge in [-0.05, 0) is 30.9 Å². The molecule has 0 saturated carbocycles. The lowest BCUT2D eigenvalue weighted by Gasteiger charge is -2.31. The maximum Gasteiger partial charge on any atom is 0.229 e. The Morgan fingerprint density at radius 2 is 2.11 bits per heavy atom. The Labute approximate surface area is 174 Å². The lowest BCUT2D eigenvalue weighted by molar-refractivity contribution is -0.120. The molecule has 0 bridgehead atoms. The lowest BCUT2D eigenvalue weighted by Crippen LogP contribution is -2.44. The topological polar surface area (TPSA) is 84.3 Å². The number of nitrogens with one attached hydrogen (secondary N) is 1. The first-order valence-corrected chi connectivity index (χ1v) is 11.8. The maximum atomic E-state index is 12.8. The van der Waals surface area contributed by atoms with Crippen LogP contribution in [0.15, 0.2) is 41.0 Å². The van der Waals surface area contributed by atoms with E-state index in [1.807, 2.05) is 31.2 Å². The van der Waals surface area contributed by atoms with Gasteiger partial charge in [-0.15, -0.1) is 0 Å². The van der Waals surface area contributed by atoms with Gasteiger partial charge < -0.3 is 5.32 Å². The van der Waals surface area contributed by atoms with Crippen LogP contribution in [-0.4, -0.2) is 47.3 Å². The molecule has 1 amide bonds. The Balaban J connectivity index is 1.67. The van der Waals surface area contributed by atoms with Gasteiger partial charge in [0.15, 0.2) is 0 Å². The molecule has 0 radical (unpaired) electrons. The number of amides is 1. The Kier molecular flexibility index (Phi) is 6.90. The van der Waals surface area contributed by atoms with Gasteiger partial charge in [0.2, 0.25) is 15.9 Å². The number of piperidine rings is 1. The highest BCUT2D eigenvalue weighted by atomic mass is 79.9. The zero-order valence-electron chi connectivity index (χ0n) is 15.8. The summed E-state index contributed by atoms with van der Waals surface area (Å²) in [5, 5.41) is 7.23. The molecule has 0 spiro atoms. The second kappa shape index (κ2) is 9.19. The van der Waals surface area contributed by atoms with Crippen LogP contribution in [0.25, 0.3) is 0 Å². The number of carbonyl (C=O) groups excluding carboxylic acids is 1. The molecular weight excluding hydrogens is 444 g/mol. The van der Waals surface area contributed by atoms with E-state index in [1.165, 1.54) is 4.31 Å². The first kappa shape index (κ1) is 21.0. The Hall–Kier alpha value is -1.71. The predicted octanol–water partition coefficient (Wildman–Crippen LogP) is 3.08. The number of benzene rings is 1. The van der Waals surface area contributed by atoms with Crippen LogP contribution in [0, 0.1) is 5.92 Å². The van der Waals surface area contributed by atoms with Gasteiger partial charge in [0.05, 0.1) is 24.4 Å². The first-order valence-electron chi connectivity index (χ1n) is 9.44. The van der Waals surface area contributed by atoms with E-state index < -0.39 is 10.0 Å². The molecule has 28 heavy (non-hydrogen) atoms.